The monoisotopic (exact) mass is 405 g/mol. The molecule has 6 aliphatic rings. The zero-order valence-corrected chi connectivity index (χ0v) is 18.6. The molecule has 2 amide bonds. The van der Waals surface area contributed by atoms with Crippen LogP contribution in [0.4, 0.5) is 0 Å². The summed E-state index contributed by atoms with van der Waals surface area (Å²) in [6.45, 7) is 9.55. The van der Waals surface area contributed by atoms with Gasteiger partial charge in [-0.2, -0.15) is 0 Å². The number of hydrogen-bond donors (Lipinski definition) is 2. The second kappa shape index (κ2) is 6.70. The Kier molecular flexibility index (Phi) is 4.58. The van der Waals surface area contributed by atoms with Crippen LogP contribution in [0.1, 0.15) is 75.0 Å². The smallest absolute Gasteiger partial charge is 0.234 e. The minimum Gasteiger partial charge on any atom is -0.355 e. The van der Waals surface area contributed by atoms with E-state index in [4.69, 9.17) is 0 Å². The van der Waals surface area contributed by atoms with Crippen molar-refractivity contribution in [2.75, 3.05) is 26.2 Å². The summed E-state index contributed by atoms with van der Waals surface area (Å²) < 4.78 is 0. The molecule has 6 rings (SSSR count). The molecule has 5 aliphatic carbocycles. The largest absolute Gasteiger partial charge is 0.355 e. The van der Waals surface area contributed by atoms with Crippen LogP contribution >= 0.6 is 0 Å². The average Bonchev–Trinajstić information content (AvgIpc) is 2.51. The van der Waals surface area contributed by atoms with Crippen molar-refractivity contribution < 1.29 is 12.4 Å². The number of likely N-dealkylation sites (tertiary alicyclic amines) is 1. The van der Waals surface area contributed by atoms with Crippen LogP contribution < -0.4 is 10.6 Å². The van der Waals surface area contributed by atoms with Crippen molar-refractivity contribution in [1.82, 2.24) is 15.5 Å². The fourth-order valence-electron chi connectivity index (χ4n) is 8.06. The van der Waals surface area contributed by atoms with Crippen molar-refractivity contribution in [2.24, 2.45) is 34.5 Å². The third kappa shape index (κ3) is 3.84. The highest BCUT2D eigenvalue weighted by atomic mass is 16.2. The normalized spacial score (nSPS) is 37.8. The predicted molar refractivity (Wildman–Crippen MR) is 117 cm³/mol. The first kappa shape index (κ1) is 19.8. The van der Waals surface area contributed by atoms with E-state index in [1.807, 2.05) is 20.8 Å². The number of carbonyl (C=O) groups is 2. The van der Waals surface area contributed by atoms with Crippen LogP contribution in [0.15, 0.2) is 0 Å². The highest BCUT2D eigenvalue weighted by Crippen LogP contribution is 2.60. The van der Waals surface area contributed by atoms with Crippen molar-refractivity contribution in [3.05, 3.63) is 0 Å². The first-order valence-electron chi connectivity index (χ1n) is 11.9. The van der Waals surface area contributed by atoms with Crippen molar-refractivity contribution in [1.29, 1.82) is 0 Å². The zero-order valence-electron chi connectivity index (χ0n) is 18.6. The number of hydrogen-bond acceptors (Lipinski definition) is 3. The quantitative estimate of drug-likeness (QED) is 0.737. The predicted octanol–water partition coefficient (Wildman–Crippen LogP) is 3.44. The minimum atomic E-state index is -0.157. The van der Waals surface area contributed by atoms with E-state index in [1.165, 1.54) is 32.1 Å². The van der Waals surface area contributed by atoms with Gasteiger partial charge in [0.05, 0.1) is 6.54 Å². The molecule has 0 aromatic rings. The molecule has 5 heteroatoms. The fraction of sp³-hybridized carbons (Fsp3) is 0.917. The minimum absolute atomic E-state index is 0. The summed E-state index contributed by atoms with van der Waals surface area (Å²) in [7, 11) is 0. The van der Waals surface area contributed by atoms with Gasteiger partial charge >= 0.3 is 0 Å². The van der Waals surface area contributed by atoms with Gasteiger partial charge < -0.3 is 10.6 Å². The molecule has 0 atom stereocenters. The van der Waals surface area contributed by atoms with Crippen LogP contribution in [-0.2, 0) is 9.59 Å². The van der Waals surface area contributed by atoms with E-state index in [-0.39, 0.29) is 19.7 Å². The van der Waals surface area contributed by atoms with Gasteiger partial charge in [-0.25, -0.2) is 0 Å². The molecule has 0 aromatic heterocycles. The summed E-state index contributed by atoms with van der Waals surface area (Å²) in [6, 6.07) is 0. The van der Waals surface area contributed by atoms with Crippen molar-refractivity contribution >= 4 is 11.8 Å². The topological polar surface area (TPSA) is 61.4 Å². The van der Waals surface area contributed by atoms with Crippen molar-refractivity contribution in [2.45, 2.75) is 77.7 Å². The van der Waals surface area contributed by atoms with Crippen LogP contribution in [0.3, 0.4) is 0 Å². The van der Waals surface area contributed by atoms with E-state index in [0.717, 1.165) is 56.7 Å². The summed E-state index contributed by atoms with van der Waals surface area (Å²) in [5.74, 6) is 3.64. The van der Waals surface area contributed by atoms with Gasteiger partial charge in [0.15, 0.2) is 0 Å². The Bertz CT molecular complexity index is 656. The molecule has 5 nitrogen and oxygen atoms in total. The highest BCUT2D eigenvalue weighted by Gasteiger charge is 2.55. The van der Waals surface area contributed by atoms with Crippen molar-refractivity contribution in [3.8, 4) is 0 Å². The maximum Gasteiger partial charge on any atom is 0.234 e. The van der Waals surface area contributed by atoms with Gasteiger partial charge in [-0.3, -0.25) is 14.5 Å². The average molecular weight is 406 g/mol. The Morgan fingerprint density at radius 2 is 1.52 bits per heavy atom. The van der Waals surface area contributed by atoms with E-state index >= 15 is 0 Å². The lowest BCUT2D eigenvalue weighted by Crippen LogP contribution is -2.65. The van der Waals surface area contributed by atoms with Crippen LogP contribution in [-0.4, -0.2) is 48.4 Å². The number of carbonyl (C=O) groups excluding carboxylic acids is 2. The second-order valence-corrected chi connectivity index (χ2v) is 12.6. The molecular formula is C24H43N3O2. The first-order valence-corrected chi connectivity index (χ1v) is 11.9. The first-order chi connectivity index (χ1) is 13.6. The summed E-state index contributed by atoms with van der Waals surface area (Å²) in [5, 5.41) is 6.43. The Morgan fingerprint density at radius 3 is 2.03 bits per heavy atom. The fourth-order valence-corrected chi connectivity index (χ4v) is 8.06. The second-order valence-electron chi connectivity index (χ2n) is 12.6. The van der Waals surface area contributed by atoms with Crippen LogP contribution in [0.5, 0.6) is 0 Å². The van der Waals surface area contributed by atoms with Gasteiger partial charge in [-0.15, -0.1) is 0 Å². The lowest BCUT2D eigenvalue weighted by atomic mass is 9.49. The standard InChI is InChI=1S/C24H39N3O2.2H2/c1-22(2,3)26-20(28)13-27-14-23(15-27)7-19(8-23)12-25-21(29)24-9-16-4-17(10-24)6-18(5-16)11-24;;/h16-19H,4-15H2,1-3H3,(H,25,29)(H,26,28);2*1H. The lowest BCUT2D eigenvalue weighted by Gasteiger charge is -2.59. The van der Waals surface area contributed by atoms with Gasteiger partial charge in [0.2, 0.25) is 11.8 Å². The van der Waals surface area contributed by atoms with Crippen LogP contribution in [0.2, 0.25) is 0 Å². The highest BCUT2D eigenvalue weighted by molar-refractivity contribution is 5.83. The summed E-state index contributed by atoms with van der Waals surface area (Å²) in [6.07, 6.45) is 10.1. The molecule has 1 heterocycles. The summed E-state index contributed by atoms with van der Waals surface area (Å²) in [4.78, 5) is 27.5. The molecule has 6 fully saturated rings. The molecule has 0 radical (unpaired) electrons. The number of nitrogens with zero attached hydrogens (tertiary/aromatic N) is 1. The molecule has 5 saturated carbocycles. The molecule has 1 saturated heterocycles. The summed E-state index contributed by atoms with van der Waals surface area (Å²) >= 11 is 0. The Hall–Kier alpha value is -1.10. The Morgan fingerprint density at radius 1 is 0.966 bits per heavy atom. The molecule has 0 unspecified atom stereocenters. The maximum absolute atomic E-state index is 13.1. The molecular weight excluding hydrogens is 362 g/mol. The van der Waals surface area contributed by atoms with E-state index < -0.39 is 0 Å². The lowest BCUT2D eigenvalue weighted by molar-refractivity contribution is -0.148. The van der Waals surface area contributed by atoms with Crippen LogP contribution in [0, 0.1) is 34.5 Å². The Balaban J connectivity index is 0.00000136. The van der Waals surface area contributed by atoms with Gasteiger partial charge in [0.25, 0.3) is 0 Å². The maximum atomic E-state index is 13.1. The SMILES string of the molecule is CC(C)(C)NC(=O)CN1CC2(CC(CNC(=O)C34CC5CC(CC(C5)C3)C4)C2)C1.[HH].[HH]. The molecule has 29 heavy (non-hydrogen) atoms. The molecule has 0 aromatic carbocycles. The van der Waals surface area contributed by atoms with Gasteiger partial charge in [0.1, 0.15) is 0 Å². The van der Waals surface area contributed by atoms with Crippen molar-refractivity contribution in [3.63, 3.8) is 0 Å². The van der Waals surface area contributed by atoms with E-state index in [0.29, 0.717) is 23.8 Å². The number of nitrogens with one attached hydrogen (secondary N) is 2. The molecule has 1 aliphatic heterocycles. The zero-order chi connectivity index (χ0) is 20.4. The van der Waals surface area contributed by atoms with Gasteiger partial charge in [0, 0.05) is 33.4 Å². The van der Waals surface area contributed by atoms with Gasteiger partial charge in [-0.05, 0) is 101 Å². The third-order valence-electron chi connectivity index (χ3n) is 8.51. The molecule has 1 spiro atoms. The third-order valence-corrected chi connectivity index (χ3v) is 8.51. The molecule has 4 bridgehead atoms. The molecule has 166 valence electrons. The Labute approximate surface area is 178 Å². The van der Waals surface area contributed by atoms with Crippen LogP contribution in [0.25, 0.3) is 0 Å². The van der Waals surface area contributed by atoms with Gasteiger partial charge in [-0.1, -0.05) is 0 Å². The summed E-state index contributed by atoms with van der Waals surface area (Å²) in [5.41, 5.74) is 0.262. The van der Waals surface area contributed by atoms with E-state index in [9.17, 15) is 9.59 Å². The van der Waals surface area contributed by atoms with E-state index in [1.54, 1.807) is 0 Å². The number of rotatable bonds is 5. The van der Waals surface area contributed by atoms with E-state index in [2.05, 4.69) is 15.5 Å². The molecule has 2 N–H and O–H groups in total. The number of amides is 2.